The third-order valence-electron chi connectivity index (χ3n) is 3.67. The van der Waals surface area contributed by atoms with E-state index in [1.807, 2.05) is 29.1 Å². The summed E-state index contributed by atoms with van der Waals surface area (Å²) in [6.45, 7) is 7.08. The number of nitrogens with zero attached hydrogens (tertiary/aromatic N) is 3. The fourth-order valence-corrected chi connectivity index (χ4v) is 2.50. The molecule has 0 aliphatic rings. The SMILES string of the molecule is CC(C)n1cc(CN[C@H](C)c2nc3ccc(Cl)cc3[nH]2)cn1. The molecule has 0 saturated carbocycles. The van der Waals surface area contributed by atoms with E-state index in [2.05, 4.69) is 47.4 Å². The Kier molecular flexibility index (Phi) is 4.18. The van der Waals surface area contributed by atoms with Crippen molar-refractivity contribution in [1.82, 2.24) is 25.1 Å². The minimum absolute atomic E-state index is 0.119. The zero-order valence-electron chi connectivity index (χ0n) is 13.0. The molecule has 0 amide bonds. The number of aromatic nitrogens is 4. The highest BCUT2D eigenvalue weighted by Crippen LogP contribution is 2.20. The second kappa shape index (κ2) is 6.10. The monoisotopic (exact) mass is 317 g/mol. The van der Waals surface area contributed by atoms with Crippen LogP contribution >= 0.6 is 11.6 Å². The summed E-state index contributed by atoms with van der Waals surface area (Å²) < 4.78 is 1.96. The fraction of sp³-hybridized carbons (Fsp3) is 0.375. The van der Waals surface area contributed by atoms with Crippen LogP contribution in [0.15, 0.2) is 30.6 Å². The van der Waals surface area contributed by atoms with Gasteiger partial charge in [0.1, 0.15) is 5.82 Å². The molecule has 2 heterocycles. The van der Waals surface area contributed by atoms with Crippen LogP contribution in [-0.4, -0.2) is 19.7 Å². The number of H-pyrrole nitrogens is 1. The Morgan fingerprint density at radius 3 is 2.86 bits per heavy atom. The van der Waals surface area contributed by atoms with Crippen LogP contribution in [0.3, 0.4) is 0 Å². The van der Waals surface area contributed by atoms with E-state index in [9.17, 15) is 0 Å². The third-order valence-corrected chi connectivity index (χ3v) is 3.90. The van der Waals surface area contributed by atoms with Crippen molar-refractivity contribution in [2.24, 2.45) is 0 Å². The fourth-order valence-electron chi connectivity index (χ4n) is 2.33. The summed E-state index contributed by atoms with van der Waals surface area (Å²) in [5, 5.41) is 8.52. The van der Waals surface area contributed by atoms with E-state index in [4.69, 9.17) is 11.6 Å². The van der Waals surface area contributed by atoms with Gasteiger partial charge in [-0.25, -0.2) is 4.98 Å². The summed E-state index contributed by atoms with van der Waals surface area (Å²) in [4.78, 5) is 7.92. The molecule has 2 N–H and O–H groups in total. The maximum atomic E-state index is 6.00. The second-order valence-electron chi connectivity index (χ2n) is 5.81. The first kappa shape index (κ1) is 15.1. The molecular formula is C16H20ClN5. The van der Waals surface area contributed by atoms with Crippen LogP contribution in [-0.2, 0) is 6.54 Å². The number of hydrogen-bond donors (Lipinski definition) is 2. The zero-order chi connectivity index (χ0) is 15.7. The van der Waals surface area contributed by atoms with Crippen LogP contribution in [0.4, 0.5) is 0 Å². The second-order valence-corrected chi connectivity index (χ2v) is 6.24. The number of hydrogen-bond acceptors (Lipinski definition) is 3. The van der Waals surface area contributed by atoms with E-state index in [0.29, 0.717) is 11.1 Å². The largest absolute Gasteiger partial charge is 0.341 e. The number of halogens is 1. The Bertz CT molecular complexity index is 774. The molecule has 116 valence electrons. The Morgan fingerprint density at radius 1 is 1.32 bits per heavy atom. The van der Waals surface area contributed by atoms with Gasteiger partial charge in [-0.2, -0.15) is 5.10 Å². The summed E-state index contributed by atoms with van der Waals surface area (Å²) in [5.41, 5.74) is 3.06. The van der Waals surface area contributed by atoms with Crippen molar-refractivity contribution in [3.8, 4) is 0 Å². The predicted molar refractivity (Wildman–Crippen MR) is 89.0 cm³/mol. The van der Waals surface area contributed by atoms with Gasteiger partial charge < -0.3 is 10.3 Å². The molecule has 1 atom stereocenters. The molecule has 3 rings (SSSR count). The lowest BCUT2D eigenvalue weighted by Crippen LogP contribution is -2.19. The van der Waals surface area contributed by atoms with Crippen LogP contribution in [0.1, 0.15) is 44.2 Å². The Morgan fingerprint density at radius 2 is 2.14 bits per heavy atom. The van der Waals surface area contributed by atoms with Gasteiger partial charge in [0, 0.05) is 29.4 Å². The summed E-state index contributed by atoms with van der Waals surface area (Å²) in [7, 11) is 0. The van der Waals surface area contributed by atoms with Crippen molar-refractivity contribution in [3.63, 3.8) is 0 Å². The summed E-state index contributed by atoms with van der Waals surface area (Å²) >= 11 is 6.00. The molecule has 22 heavy (non-hydrogen) atoms. The lowest BCUT2D eigenvalue weighted by Gasteiger charge is -2.10. The lowest BCUT2D eigenvalue weighted by atomic mass is 10.3. The van der Waals surface area contributed by atoms with Gasteiger partial charge in [-0.3, -0.25) is 4.68 Å². The topological polar surface area (TPSA) is 58.5 Å². The molecule has 0 aliphatic heterocycles. The van der Waals surface area contributed by atoms with Gasteiger partial charge in [0.05, 0.1) is 23.3 Å². The van der Waals surface area contributed by atoms with Gasteiger partial charge in [0.2, 0.25) is 0 Å². The molecule has 0 saturated heterocycles. The number of benzene rings is 1. The van der Waals surface area contributed by atoms with Crippen molar-refractivity contribution >= 4 is 22.6 Å². The van der Waals surface area contributed by atoms with Gasteiger partial charge in [-0.15, -0.1) is 0 Å². The predicted octanol–water partition coefficient (Wildman–Crippen LogP) is 3.84. The van der Waals surface area contributed by atoms with Crippen molar-refractivity contribution < 1.29 is 0 Å². The lowest BCUT2D eigenvalue weighted by molar-refractivity contribution is 0.529. The minimum atomic E-state index is 0.119. The number of imidazole rings is 1. The minimum Gasteiger partial charge on any atom is -0.341 e. The molecule has 0 unspecified atom stereocenters. The Balaban J connectivity index is 1.68. The Labute approximate surface area is 134 Å². The van der Waals surface area contributed by atoms with Crippen LogP contribution in [0, 0.1) is 0 Å². The average Bonchev–Trinajstić information content (AvgIpc) is 3.10. The van der Waals surface area contributed by atoms with Crippen molar-refractivity contribution in [3.05, 3.63) is 47.0 Å². The van der Waals surface area contributed by atoms with E-state index >= 15 is 0 Å². The van der Waals surface area contributed by atoms with Crippen molar-refractivity contribution in [2.75, 3.05) is 0 Å². The average molecular weight is 318 g/mol. The number of nitrogens with one attached hydrogen (secondary N) is 2. The number of fused-ring (bicyclic) bond motifs is 1. The van der Waals surface area contributed by atoms with Gasteiger partial charge in [-0.1, -0.05) is 11.6 Å². The van der Waals surface area contributed by atoms with Crippen molar-refractivity contribution in [2.45, 2.75) is 39.4 Å². The van der Waals surface area contributed by atoms with E-state index in [-0.39, 0.29) is 6.04 Å². The van der Waals surface area contributed by atoms with Crippen molar-refractivity contribution in [1.29, 1.82) is 0 Å². The van der Waals surface area contributed by atoms with E-state index < -0.39 is 0 Å². The molecule has 6 heteroatoms. The maximum Gasteiger partial charge on any atom is 0.124 e. The normalized spacial score (nSPS) is 13.1. The van der Waals surface area contributed by atoms with Crippen LogP contribution in [0.2, 0.25) is 5.02 Å². The highest BCUT2D eigenvalue weighted by Gasteiger charge is 2.11. The molecule has 0 aliphatic carbocycles. The highest BCUT2D eigenvalue weighted by atomic mass is 35.5. The van der Waals surface area contributed by atoms with Gasteiger partial charge >= 0.3 is 0 Å². The molecule has 5 nitrogen and oxygen atoms in total. The van der Waals surface area contributed by atoms with Crippen LogP contribution in [0.25, 0.3) is 11.0 Å². The first-order valence-electron chi connectivity index (χ1n) is 7.44. The van der Waals surface area contributed by atoms with E-state index in [1.54, 1.807) is 0 Å². The molecule has 0 bridgehead atoms. The van der Waals surface area contributed by atoms with E-state index in [0.717, 1.165) is 23.4 Å². The quantitative estimate of drug-likeness (QED) is 0.751. The van der Waals surface area contributed by atoms with Gasteiger partial charge in [0.25, 0.3) is 0 Å². The van der Waals surface area contributed by atoms with Gasteiger partial charge in [0.15, 0.2) is 0 Å². The smallest absolute Gasteiger partial charge is 0.124 e. The molecule has 0 spiro atoms. The molecule has 1 aromatic carbocycles. The first-order valence-corrected chi connectivity index (χ1v) is 7.82. The molecule has 0 radical (unpaired) electrons. The highest BCUT2D eigenvalue weighted by molar-refractivity contribution is 6.31. The molecule has 3 aromatic rings. The summed E-state index contributed by atoms with van der Waals surface area (Å²) in [6.07, 6.45) is 3.97. The maximum absolute atomic E-state index is 6.00. The number of aromatic amines is 1. The summed E-state index contributed by atoms with van der Waals surface area (Å²) in [5.74, 6) is 0.911. The molecule has 0 fully saturated rings. The van der Waals surface area contributed by atoms with Crippen LogP contribution < -0.4 is 5.32 Å². The third kappa shape index (κ3) is 3.15. The van der Waals surface area contributed by atoms with E-state index in [1.165, 1.54) is 5.56 Å². The number of rotatable bonds is 5. The zero-order valence-corrected chi connectivity index (χ0v) is 13.7. The summed E-state index contributed by atoms with van der Waals surface area (Å²) in [6, 6.07) is 6.18. The Hall–Kier alpha value is -1.85. The molecule has 2 aromatic heterocycles. The standard InChI is InChI=1S/C16H20ClN5/c1-10(2)22-9-12(8-19-22)7-18-11(3)16-20-14-5-4-13(17)6-15(14)21-16/h4-6,8-11,18H,7H2,1-3H3,(H,20,21)/t11-/m1/s1. The first-order chi connectivity index (χ1) is 10.5. The molecular weight excluding hydrogens is 298 g/mol. The van der Waals surface area contributed by atoms with Gasteiger partial charge in [-0.05, 0) is 39.0 Å². The van der Waals surface area contributed by atoms with Crippen LogP contribution in [0.5, 0.6) is 0 Å².